The Labute approximate surface area is 138 Å². The predicted molar refractivity (Wildman–Crippen MR) is 95.9 cm³/mol. The van der Waals surface area contributed by atoms with E-state index >= 15 is 0 Å². The average molecular weight is 353 g/mol. The quantitative estimate of drug-likeness (QED) is 0.777. The third kappa shape index (κ3) is 5.30. The number of nitrogens with zero attached hydrogens (tertiary/aromatic N) is 1. The topological polar surface area (TPSA) is 15.3 Å². The molecule has 1 N–H and O–H groups in total. The lowest BCUT2D eigenvalue weighted by atomic mass is 10.1. The van der Waals surface area contributed by atoms with Crippen molar-refractivity contribution in [3.63, 3.8) is 0 Å². The lowest BCUT2D eigenvalue weighted by Gasteiger charge is -2.28. The van der Waals surface area contributed by atoms with Crippen molar-refractivity contribution in [2.24, 2.45) is 5.92 Å². The molecule has 0 aromatic heterocycles. The Balaban J connectivity index is 2.10. The lowest BCUT2D eigenvalue weighted by molar-refractivity contribution is 0.424. The van der Waals surface area contributed by atoms with Gasteiger partial charge in [-0.3, -0.25) is 0 Å². The molecule has 0 unspecified atom stereocenters. The average Bonchev–Trinajstić information content (AvgIpc) is 3.17. The summed E-state index contributed by atoms with van der Waals surface area (Å²) in [6.07, 6.45) is 2.68. The van der Waals surface area contributed by atoms with Crippen molar-refractivity contribution in [3.8, 4) is 0 Å². The molecule has 0 bridgehead atoms. The van der Waals surface area contributed by atoms with Crippen LogP contribution in [0.3, 0.4) is 0 Å². The minimum atomic E-state index is 0.156. The molecule has 21 heavy (non-hydrogen) atoms. The van der Waals surface area contributed by atoms with Crippen molar-refractivity contribution < 1.29 is 0 Å². The van der Waals surface area contributed by atoms with Crippen LogP contribution in [0.15, 0.2) is 22.7 Å². The first kappa shape index (κ1) is 16.8. The van der Waals surface area contributed by atoms with Crippen molar-refractivity contribution in [1.82, 2.24) is 5.32 Å². The number of nitrogens with one attached hydrogen (secondary N) is 1. The molecule has 1 fully saturated rings. The minimum Gasteiger partial charge on any atom is -0.367 e. The van der Waals surface area contributed by atoms with Gasteiger partial charge in [-0.1, -0.05) is 19.9 Å². The zero-order valence-electron chi connectivity index (χ0n) is 14.0. The molecule has 0 saturated heterocycles. The molecule has 118 valence electrons. The number of anilines is 1. The largest absolute Gasteiger partial charge is 0.367 e. The molecule has 2 nitrogen and oxygen atoms in total. The van der Waals surface area contributed by atoms with E-state index in [9.17, 15) is 0 Å². The first-order valence-electron chi connectivity index (χ1n) is 8.06. The molecule has 3 heteroatoms. The summed E-state index contributed by atoms with van der Waals surface area (Å²) >= 11 is 3.78. The third-order valence-electron chi connectivity index (χ3n) is 3.69. The van der Waals surface area contributed by atoms with Crippen LogP contribution in [0.25, 0.3) is 0 Å². The van der Waals surface area contributed by atoms with Gasteiger partial charge in [0.25, 0.3) is 0 Å². The second-order valence-electron chi connectivity index (χ2n) is 7.67. The predicted octanol–water partition coefficient (Wildman–Crippen LogP) is 4.96. The molecule has 1 saturated carbocycles. The van der Waals surface area contributed by atoms with Gasteiger partial charge < -0.3 is 10.2 Å². The Hall–Kier alpha value is -0.540. The molecule has 0 aliphatic heterocycles. The maximum atomic E-state index is 3.78. The second-order valence-corrected chi connectivity index (χ2v) is 8.52. The number of rotatable bonds is 6. The summed E-state index contributed by atoms with van der Waals surface area (Å²) in [6.45, 7) is 13.3. The van der Waals surface area contributed by atoms with E-state index in [0.29, 0.717) is 5.92 Å². The highest BCUT2D eigenvalue weighted by Gasteiger charge is 2.30. The van der Waals surface area contributed by atoms with Crippen LogP contribution < -0.4 is 10.2 Å². The highest BCUT2D eigenvalue weighted by molar-refractivity contribution is 9.10. The molecule has 0 radical (unpaired) electrons. The van der Waals surface area contributed by atoms with Crippen LogP contribution in [0.5, 0.6) is 0 Å². The lowest BCUT2D eigenvalue weighted by Crippen LogP contribution is -2.35. The first-order valence-corrected chi connectivity index (χ1v) is 8.85. The van der Waals surface area contributed by atoms with Gasteiger partial charge in [0.2, 0.25) is 0 Å². The first-order chi connectivity index (χ1) is 9.76. The van der Waals surface area contributed by atoms with E-state index < -0.39 is 0 Å². The summed E-state index contributed by atoms with van der Waals surface area (Å²) in [5.74, 6) is 0.694. The van der Waals surface area contributed by atoms with Crippen LogP contribution >= 0.6 is 15.9 Å². The second kappa shape index (κ2) is 6.70. The van der Waals surface area contributed by atoms with Crippen molar-refractivity contribution in [2.45, 2.75) is 65.6 Å². The Kier molecular flexibility index (Phi) is 5.37. The summed E-state index contributed by atoms with van der Waals surface area (Å²) < 4.78 is 1.23. The van der Waals surface area contributed by atoms with Crippen LogP contribution in [0.1, 0.15) is 53.0 Å². The standard InChI is InChI=1S/C18H29BrN2/c1-13(2)12-21(15-7-8-15)17-9-6-14(10-16(17)19)11-20-18(3,4)5/h6,9-10,13,15,20H,7-8,11-12H2,1-5H3. The summed E-state index contributed by atoms with van der Waals surface area (Å²) in [6, 6.07) is 7.56. The molecule has 0 atom stereocenters. The molecule has 1 aromatic rings. The van der Waals surface area contributed by atoms with Gasteiger partial charge in [0.05, 0.1) is 5.69 Å². The number of hydrogen-bond donors (Lipinski definition) is 1. The van der Waals surface area contributed by atoms with Gasteiger partial charge in [-0.05, 0) is 73.2 Å². The fourth-order valence-electron chi connectivity index (χ4n) is 2.48. The van der Waals surface area contributed by atoms with E-state index in [1.54, 1.807) is 0 Å². The van der Waals surface area contributed by atoms with E-state index in [4.69, 9.17) is 0 Å². The van der Waals surface area contributed by atoms with Crippen LogP contribution in [0, 0.1) is 5.92 Å². The van der Waals surface area contributed by atoms with Crippen molar-refractivity contribution in [3.05, 3.63) is 28.2 Å². The Bertz CT molecular complexity index is 473. The highest BCUT2D eigenvalue weighted by atomic mass is 79.9. The molecule has 0 spiro atoms. The molecular formula is C18H29BrN2. The molecule has 2 rings (SSSR count). The zero-order chi connectivity index (χ0) is 15.6. The maximum absolute atomic E-state index is 3.78. The van der Waals surface area contributed by atoms with Gasteiger partial charge >= 0.3 is 0 Å². The van der Waals surface area contributed by atoms with Gasteiger partial charge in [-0.15, -0.1) is 0 Å². The van der Waals surface area contributed by atoms with Gasteiger partial charge in [-0.2, -0.15) is 0 Å². The Morgan fingerprint density at radius 1 is 1.29 bits per heavy atom. The van der Waals surface area contributed by atoms with Crippen molar-refractivity contribution in [2.75, 3.05) is 11.4 Å². The monoisotopic (exact) mass is 352 g/mol. The summed E-state index contributed by atoms with van der Waals surface area (Å²) in [4.78, 5) is 2.58. The molecule has 0 heterocycles. The number of benzene rings is 1. The van der Waals surface area contributed by atoms with Crippen LogP contribution in [-0.4, -0.2) is 18.1 Å². The Morgan fingerprint density at radius 3 is 2.43 bits per heavy atom. The fraction of sp³-hybridized carbons (Fsp3) is 0.667. The molecule has 1 aliphatic carbocycles. The van der Waals surface area contributed by atoms with Crippen molar-refractivity contribution >= 4 is 21.6 Å². The third-order valence-corrected chi connectivity index (χ3v) is 4.33. The number of hydrogen-bond acceptors (Lipinski definition) is 2. The summed E-state index contributed by atoms with van der Waals surface area (Å²) in [5.41, 5.74) is 2.84. The van der Waals surface area contributed by atoms with E-state index in [1.807, 2.05) is 0 Å². The van der Waals surface area contributed by atoms with Gasteiger partial charge in [0, 0.05) is 29.1 Å². The maximum Gasteiger partial charge on any atom is 0.0513 e. The van der Waals surface area contributed by atoms with Crippen LogP contribution in [0.2, 0.25) is 0 Å². The summed E-state index contributed by atoms with van der Waals surface area (Å²) in [7, 11) is 0. The number of halogens is 1. The van der Waals surface area contributed by atoms with Gasteiger partial charge in [0.1, 0.15) is 0 Å². The molecular weight excluding hydrogens is 324 g/mol. The minimum absolute atomic E-state index is 0.156. The van der Waals surface area contributed by atoms with Gasteiger partial charge in [-0.25, -0.2) is 0 Å². The van der Waals surface area contributed by atoms with E-state index in [-0.39, 0.29) is 5.54 Å². The highest BCUT2D eigenvalue weighted by Crippen LogP contribution is 2.36. The molecule has 0 amide bonds. The SMILES string of the molecule is CC(C)CN(c1ccc(CNC(C)(C)C)cc1Br)C1CC1. The Morgan fingerprint density at radius 2 is 1.95 bits per heavy atom. The van der Waals surface area contributed by atoms with Gasteiger partial charge in [0.15, 0.2) is 0 Å². The van der Waals surface area contributed by atoms with E-state index in [2.05, 4.69) is 79.0 Å². The van der Waals surface area contributed by atoms with Crippen LogP contribution in [0.4, 0.5) is 5.69 Å². The normalized spacial score (nSPS) is 15.6. The molecule has 1 aromatic carbocycles. The van der Waals surface area contributed by atoms with Crippen LogP contribution in [-0.2, 0) is 6.54 Å². The summed E-state index contributed by atoms with van der Waals surface area (Å²) in [5, 5.41) is 3.55. The molecule has 1 aliphatic rings. The van der Waals surface area contributed by atoms with E-state index in [1.165, 1.54) is 28.6 Å². The fourth-order valence-corrected chi connectivity index (χ4v) is 3.14. The van der Waals surface area contributed by atoms with Crippen molar-refractivity contribution in [1.29, 1.82) is 0 Å². The smallest absolute Gasteiger partial charge is 0.0513 e. The zero-order valence-corrected chi connectivity index (χ0v) is 15.6. The van der Waals surface area contributed by atoms with E-state index in [0.717, 1.165) is 19.1 Å².